The fourth-order valence-electron chi connectivity index (χ4n) is 10.2. The summed E-state index contributed by atoms with van der Waals surface area (Å²) >= 11 is 0. The van der Waals surface area contributed by atoms with Crippen LogP contribution in [0.3, 0.4) is 0 Å². The van der Waals surface area contributed by atoms with Crippen LogP contribution in [-0.4, -0.2) is 90.4 Å². The molecule has 8 nitrogen and oxygen atoms in total. The van der Waals surface area contributed by atoms with Crippen molar-refractivity contribution in [2.45, 2.75) is 171 Å². The molecule has 0 aromatic carbocycles. The Hall–Kier alpha value is -1.57. The van der Waals surface area contributed by atoms with Crippen LogP contribution in [0.5, 0.6) is 0 Å². The topological polar surface area (TPSA) is 89.8 Å². The Morgan fingerprint density at radius 3 is 1.63 bits per heavy atom. The monoisotopic (exact) mass is 727 g/mol. The molecule has 1 saturated heterocycles. The molecule has 2 amide bonds. The van der Waals surface area contributed by atoms with Crippen LogP contribution in [0, 0.1) is 23.7 Å². The lowest BCUT2D eigenvalue weighted by atomic mass is 9.57. The van der Waals surface area contributed by atoms with Gasteiger partial charge in [-0.3, -0.25) is 14.5 Å². The van der Waals surface area contributed by atoms with Crippen LogP contribution in [0.25, 0.3) is 0 Å². The zero-order chi connectivity index (χ0) is 35.5. The first-order valence-electron chi connectivity index (χ1n) is 19.6. The molecule has 7 rings (SSSR count). The zero-order valence-electron chi connectivity index (χ0n) is 32.2. The molecule has 5 fully saturated rings. The quantitative estimate of drug-likeness (QED) is 0.203. The Balaban J connectivity index is 0.000000177. The van der Waals surface area contributed by atoms with Crippen molar-refractivity contribution in [3.8, 4) is 0 Å². The van der Waals surface area contributed by atoms with Crippen molar-refractivity contribution >= 4 is 48.1 Å². The smallest absolute Gasteiger partial charge is 0.232 e. The first-order chi connectivity index (χ1) is 22.9. The van der Waals surface area contributed by atoms with Gasteiger partial charge in [0.15, 0.2) is 8.32 Å². The second-order valence-corrected chi connectivity index (χ2v) is 35.0. The maximum absolute atomic E-state index is 12.5. The van der Waals surface area contributed by atoms with Gasteiger partial charge in [-0.2, -0.15) is 0 Å². The molecule has 11 atom stereocenters. The number of imide groups is 1. The minimum atomic E-state index is -1.58. The van der Waals surface area contributed by atoms with Gasteiger partial charge in [0.05, 0.1) is 12.1 Å². The molecular formula is C38H65N3O5Si3. The molecule has 0 N–H and O–H groups in total. The van der Waals surface area contributed by atoms with E-state index in [4.69, 9.17) is 23.9 Å². The van der Waals surface area contributed by atoms with E-state index in [0.717, 1.165) is 55.0 Å². The highest BCUT2D eigenvalue weighted by molar-refractivity contribution is 6.78. The Morgan fingerprint density at radius 2 is 1.16 bits per heavy atom. The summed E-state index contributed by atoms with van der Waals surface area (Å²) in [5.41, 5.74) is 1.72. The van der Waals surface area contributed by atoms with Gasteiger partial charge in [0.1, 0.15) is 12.2 Å². The van der Waals surface area contributed by atoms with E-state index in [1.807, 2.05) is 12.2 Å². The molecule has 3 aliphatic heterocycles. The number of fused-ring (bicyclic) bond motifs is 2. The first kappa shape index (κ1) is 37.2. The van der Waals surface area contributed by atoms with E-state index in [1.165, 1.54) is 43.4 Å². The third-order valence-electron chi connectivity index (χ3n) is 13.0. The number of likely N-dealkylation sites (tertiary alicyclic amines) is 1. The van der Waals surface area contributed by atoms with Gasteiger partial charge in [-0.05, 0) is 93.9 Å². The molecule has 3 heterocycles. The van der Waals surface area contributed by atoms with E-state index >= 15 is 0 Å². The minimum absolute atomic E-state index is 0.0552. The van der Waals surface area contributed by atoms with Gasteiger partial charge >= 0.3 is 0 Å². The standard InChI is InChI=1S/C22H38N2O2Si2.C16H27NO3Si/c1-27(2,3)15-7-9-17-19(13-15)25-21(23-17)11-12-22-24-18-10-8-16(28(4,5)6)14-20(18)26-22;1-17-15(18)11-7-5-6-10-13(20-21(2,3)4)9-8-12(14(10)11)16(17)19/h11-12,15-20H,7-10,13-14H2,1-6H3;10-14H,5-9H2,1-4H3. The second-order valence-electron chi connectivity index (χ2n) is 19.4. The first-order valence-corrected chi connectivity index (χ1v) is 30.1. The molecule has 11 unspecified atom stereocenters. The molecule has 0 bridgehead atoms. The van der Waals surface area contributed by atoms with Crippen molar-refractivity contribution < 1.29 is 23.5 Å². The Bertz CT molecular complexity index is 1270. The van der Waals surface area contributed by atoms with Gasteiger partial charge in [-0.25, -0.2) is 9.98 Å². The van der Waals surface area contributed by atoms with Crippen molar-refractivity contribution in [1.82, 2.24) is 4.90 Å². The number of carbonyl (C=O) groups excluding carboxylic acids is 2. The third-order valence-corrected chi connectivity index (χ3v) is 19.9. The number of hydrogen-bond donors (Lipinski definition) is 0. The summed E-state index contributed by atoms with van der Waals surface area (Å²) < 4.78 is 18.8. The highest BCUT2D eigenvalue weighted by Gasteiger charge is 2.55. The molecule has 0 radical (unpaired) electrons. The number of rotatable bonds is 6. The Morgan fingerprint density at radius 1 is 0.673 bits per heavy atom. The molecule has 4 aliphatic carbocycles. The van der Waals surface area contributed by atoms with Crippen LogP contribution in [0.4, 0.5) is 0 Å². The summed E-state index contributed by atoms with van der Waals surface area (Å²) in [6.45, 7) is 21.6. The lowest BCUT2D eigenvalue weighted by molar-refractivity contribution is -0.168. The zero-order valence-corrected chi connectivity index (χ0v) is 35.2. The van der Waals surface area contributed by atoms with Gasteiger partial charge in [-0.1, -0.05) is 58.5 Å². The molecule has 0 aromatic heterocycles. The highest BCUT2D eigenvalue weighted by Crippen LogP contribution is 2.51. The predicted molar refractivity (Wildman–Crippen MR) is 206 cm³/mol. The molecule has 0 spiro atoms. The minimum Gasteiger partial charge on any atom is -0.472 e. The van der Waals surface area contributed by atoms with Crippen LogP contribution >= 0.6 is 0 Å². The van der Waals surface area contributed by atoms with E-state index in [1.54, 1.807) is 7.05 Å². The van der Waals surface area contributed by atoms with Crippen molar-refractivity contribution in [3.63, 3.8) is 0 Å². The van der Waals surface area contributed by atoms with E-state index in [2.05, 4.69) is 58.9 Å². The fraction of sp³-hybridized carbons (Fsp3) is 0.842. The number of hydrogen-bond acceptors (Lipinski definition) is 7. The molecule has 274 valence electrons. The summed E-state index contributed by atoms with van der Waals surface area (Å²) in [6.07, 6.45) is 17.2. The third kappa shape index (κ3) is 8.25. The maximum atomic E-state index is 12.5. The maximum Gasteiger partial charge on any atom is 0.232 e. The Kier molecular flexibility index (Phi) is 10.7. The van der Waals surface area contributed by atoms with E-state index in [-0.39, 0.29) is 47.9 Å². The van der Waals surface area contributed by atoms with E-state index < -0.39 is 24.5 Å². The number of amides is 2. The van der Waals surface area contributed by atoms with Crippen LogP contribution in [0.1, 0.15) is 70.6 Å². The van der Waals surface area contributed by atoms with Gasteiger partial charge < -0.3 is 13.9 Å². The van der Waals surface area contributed by atoms with Crippen LogP contribution < -0.4 is 0 Å². The van der Waals surface area contributed by atoms with Crippen molar-refractivity contribution in [1.29, 1.82) is 0 Å². The summed E-state index contributed by atoms with van der Waals surface area (Å²) in [5.74, 6) is 2.45. The second kappa shape index (κ2) is 14.1. The fourth-order valence-corrected chi connectivity index (χ4v) is 15.3. The summed E-state index contributed by atoms with van der Waals surface area (Å²) in [6, 6.07) is 0.720. The lowest BCUT2D eigenvalue weighted by Gasteiger charge is -2.53. The molecular weight excluding hydrogens is 663 g/mol. The van der Waals surface area contributed by atoms with Gasteiger partial charge in [-0.15, -0.1) is 0 Å². The molecule has 4 saturated carbocycles. The Labute approximate surface area is 299 Å². The van der Waals surface area contributed by atoms with E-state index in [9.17, 15) is 9.59 Å². The SMILES string of the molecule is CN1C(=O)C2CCCC3C(O[Si](C)(C)C)CCC(C1=O)C23.C[Si](C)(C)C1CCC2N=C(C=CC3=NC4CCC([Si](C)(C)C)CC4O3)OC2C1. The molecule has 7 aliphatic rings. The van der Waals surface area contributed by atoms with Gasteiger partial charge in [0, 0.05) is 53.3 Å². The number of nitrogens with zero attached hydrogens (tertiary/aromatic N) is 3. The number of carbonyl (C=O) groups is 2. The van der Waals surface area contributed by atoms with Crippen LogP contribution in [-0.2, 0) is 23.5 Å². The largest absolute Gasteiger partial charge is 0.472 e. The molecule has 49 heavy (non-hydrogen) atoms. The summed E-state index contributed by atoms with van der Waals surface area (Å²) in [5, 5.41) is 0. The van der Waals surface area contributed by atoms with Crippen molar-refractivity contribution in [2.75, 3.05) is 7.05 Å². The normalized spacial score (nSPS) is 39.1. The van der Waals surface area contributed by atoms with Crippen LogP contribution in [0.15, 0.2) is 22.1 Å². The lowest BCUT2D eigenvalue weighted by Crippen LogP contribution is -2.60. The van der Waals surface area contributed by atoms with Crippen molar-refractivity contribution in [3.05, 3.63) is 12.2 Å². The number of ether oxygens (including phenoxy) is 2. The van der Waals surface area contributed by atoms with Gasteiger partial charge in [0.25, 0.3) is 0 Å². The summed E-state index contributed by atoms with van der Waals surface area (Å²) in [4.78, 5) is 36.0. The average molecular weight is 728 g/mol. The molecule has 11 heteroatoms. The average Bonchev–Trinajstić information content (AvgIpc) is 3.63. The van der Waals surface area contributed by atoms with Gasteiger partial charge in [0.2, 0.25) is 23.6 Å². The highest BCUT2D eigenvalue weighted by atomic mass is 28.4. The number of aliphatic imine (C=N–C) groups is 2. The van der Waals surface area contributed by atoms with E-state index in [0.29, 0.717) is 18.0 Å². The number of piperidine rings is 1. The summed E-state index contributed by atoms with van der Waals surface area (Å²) in [7, 11) is -2.12. The van der Waals surface area contributed by atoms with Crippen molar-refractivity contribution in [2.24, 2.45) is 33.7 Å². The molecule has 0 aromatic rings. The predicted octanol–water partition coefficient (Wildman–Crippen LogP) is 8.31. The van der Waals surface area contributed by atoms with Crippen LogP contribution in [0.2, 0.25) is 70.0 Å².